The molecule has 0 saturated carbocycles. The first-order valence-electron chi connectivity index (χ1n) is 8.42. The predicted octanol–water partition coefficient (Wildman–Crippen LogP) is 4.84. The molecule has 1 aromatic heterocycles. The van der Waals surface area contributed by atoms with Crippen LogP contribution in [0.5, 0.6) is 0 Å². The number of hydrogen-bond acceptors (Lipinski definition) is 3. The largest absolute Gasteiger partial charge is 0.378 e. The average molecular weight is 366 g/mol. The second-order valence-electron chi connectivity index (χ2n) is 6.02. The lowest BCUT2D eigenvalue weighted by Crippen LogP contribution is -2.24. The Morgan fingerprint density at radius 1 is 1.08 bits per heavy atom. The van der Waals surface area contributed by atoms with Crippen molar-refractivity contribution in [2.75, 3.05) is 5.32 Å². The lowest BCUT2D eigenvalue weighted by atomic mass is 10.1. The Balaban J connectivity index is 1.62. The molecule has 1 atom stereocenters. The molecule has 0 aliphatic heterocycles. The van der Waals surface area contributed by atoms with Gasteiger partial charge < -0.3 is 10.6 Å². The third-order valence-electron chi connectivity index (χ3n) is 4.04. The Bertz CT molecular complexity index is 866. The van der Waals surface area contributed by atoms with Crippen LogP contribution in [-0.4, -0.2) is 10.9 Å². The van der Waals surface area contributed by atoms with E-state index < -0.39 is 0 Å². The molecule has 0 bridgehead atoms. The van der Waals surface area contributed by atoms with Crippen LogP contribution >= 0.6 is 11.6 Å². The number of pyridine rings is 1. The predicted molar refractivity (Wildman–Crippen MR) is 105 cm³/mol. The molecule has 132 valence electrons. The number of amides is 1. The molecule has 0 radical (unpaired) electrons. The third kappa shape index (κ3) is 4.83. The molecule has 0 aliphatic carbocycles. The molecule has 0 saturated heterocycles. The molecule has 0 fully saturated rings. The highest BCUT2D eigenvalue weighted by molar-refractivity contribution is 6.30. The van der Waals surface area contributed by atoms with Gasteiger partial charge in [0.15, 0.2) is 0 Å². The summed E-state index contributed by atoms with van der Waals surface area (Å²) >= 11 is 5.87. The smallest absolute Gasteiger partial charge is 0.270 e. The summed E-state index contributed by atoms with van der Waals surface area (Å²) in [5.41, 5.74) is 3.39. The topological polar surface area (TPSA) is 54.0 Å². The van der Waals surface area contributed by atoms with E-state index in [4.69, 9.17) is 11.6 Å². The minimum atomic E-state index is -0.212. The van der Waals surface area contributed by atoms with Gasteiger partial charge in [-0.3, -0.25) is 9.78 Å². The van der Waals surface area contributed by atoms with Crippen molar-refractivity contribution in [3.05, 3.63) is 94.8 Å². The summed E-state index contributed by atoms with van der Waals surface area (Å²) in [5, 5.41) is 6.95. The summed E-state index contributed by atoms with van der Waals surface area (Å²) in [4.78, 5) is 16.5. The number of carbonyl (C=O) groups is 1. The number of halogens is 1. The number of nitrogens with one attached hydrogen (secondary N) is 2. The maximum absolute atomic E-state index is 12.4. The van der Waals surface area contributed by atoms with Crippen LogP contribution in [0.2, 0.25) is 5.02 Å². The second kappa shape index (κ2) is 8.50. The fraction of sp³-hybridized carbons (Fsp3) is 0.143. The van der Waals surface area contributed by atoms with Gasteiger partial charge in [0.1, 0.15) is 5.69 Å². The second-order valence-corrected chi connectivity index (χ2v) is 6.45. The molecule has 1 unspecified atom stereocenters. The van der Waals surface area contributed by atoms with E-state index >= 15 is 0 Å². The van der Waals surface area contributed by atoms with E-state index in [1.54, 1.807) is 24.4 Å². The molecule has 3 aromatic rings. The molecule has 2 N–H and O–H groups in total. The van der Waals surface area contributed by atoms with Gasteiger partial charge >= 0.3 is 0 Å². The van der Waals surface area contributed by atoms with E-state index in [1.807, 2.05) is 36.4 Å². The van der Waals surface area contributed by atoms with Gasteiger partial charge in [-0.05, 0) is 42.3 Å². The van der Waals surface area contributed by atoms with E-state index in [2.05, 4.69) is 34.7 Å². The van der Waals surface area contributed by atoms with Crippen molar-refractivity contribution >= 4 is 23.2 Å². The Morgan fingerprint density at radius 3 is 2.54 bits per heavy atom. The van der Waals surface area contributed by atoms with Crippen LogP contribution in [-0.2, 0) is 6.54 Å². The molecular formula is C21H20ClN3O. The number of benzene rings is 2. The summed E-state index contributed by atoms with van der Waals surface area (Å²) in [7, 11) is 0. The Kier molecular flexibility index (Phi) is 5.87. The number of aromatic nitrogens is 1. The molecule has 4 nitrogen and oxygen atoms in total. The summed E-state index contributed by atoms with van der Waals surface area (Å²) in [6.45, 7) is 2.51. The van der Waals surface area contributed by atoms with Crippen LogP contribution in [0.25, 0.3) is 0 Å². The van der Waals surface area contributed by atoms with Gasteiger partial charge in [-0.25, -0.2) is 0 Å². The minimum absolute atomic E-state index is 0.128. The molecular weight excluding hydrogens is 346 g/mol. The molecule has 2 aromatic carbocycles. The average Bonchev–Trinajstić information content (AvgIpc) is 2.68. The van der Waals surface area contributed by atoms with Crippen LogP contribution in [0.15, 0.2) is 72.9 Å². The van der Waals surface area contributed by atoms with Crippen LogP contribution in [0.4, 0.5) is 5.69 Å². The van der Waals surface area contributed by atoms with Crippen molar-refractivity contribution < 1.29 is 4.79 Å². The summed E-state index contributed by atoms with van der Waals surface area (Å²) in [5.74, 6) is -0.212. The van der Waals surface area contributed by atoms with Gasteiger partial charge in [0.2, 0.25) is 0 Å². The van der Waals surface area contributed by atoms with E-state index in [0.29, 0.717) is 17.3 Å². The molecule has 0 aliphatic rings. The first kappa shape index (κ1) is 18.0. The molecule has 26 heavy (non-hydrogen) atoms. The van der Waals surface area contributed by atoms with Crippen LogP contribution in [0.1, 0.15) is 34.6 Å². The Labute approximate surface area is 158 Å². The van der Waals surface area contributed by atoms with Gasteiger partial charge in [0.25, 0.3) is 5.91 Å². The zero-order valence-corrected chi connectivity index (χ0v) is 15.2. The minimum Gasteiger partial charge on any atom is -0.378 e. The van der Waals surface area contributed by atoms with Crippen molar-refractivity contribution in [3.8, 4) is 0 Å². The Morgan fingerprint density at radius 2 is 1.81 bits per heavy atom. The third-order valence-corrected chi connectivity index (χ3v) is 4.29. The van der Waals surface area contributed by atoms with Gasteiger partial charge in [-0.1, -0.05) is 54.1 Å². The normalized spacial score (nSPS) is 11.6. The molecule has 3 rings (SSSR count). The summed E-state index contributed by atoms with van der Waals surface area (Å²) < 4.78 is 0. The van der Waals surface area contributed by atoms with E-state index in [0.717, 1.165) is 11.3 Å². The zero-order valence-electron chi connectivity index (χ0n) is 14.4. The SMILES string of the molecule is CC(Nc1ccnc(C(=O)NCc2ccc(Cl)cc2)c1)c1ccccc1. The standard InChI is InChI=1S/C21H20ClN3O/c1-15(17-5-3-2-4-6-17)25-19-11-12-23-20(13-19)21(26)24-14-16-7-9-18(22)10-8-16/h2-13,15H,14H2,1H3,(H,23,25)(H,24,26). The van der Waals surface area contributed by atoms with Crippen molar-refractivity contribution in [3.63, 3.8) is 0 Å². The lowest BCUT2D eigenvalue weighted by Gasteiger charge is -2.16. The van der Waals surface area contributed by atoms with Gasteiger partial charge in [-0.2, -0.15) is 0 Å². The highest BCUT2D eigenvalue weighted by Crippen LogP contribution is 2.19. The number of hydrogen-bond donors (Lipinski definition) is 2. The summed E-state index contributed by atoms with van der Waals surface area (Å²) in [6, 6.07) is 21.3. The van der Waals surface area contributed by atoms with Crippen molar-refractivity contribution in [2.45, 2.75) is 19.5 Å². The van der Waals surface area contributed by atoms with Crippen molar-refractivity contribution in [1.82, 2.24) is 10.3 Å². The molecule has 0 spiro atoms. The van der Waals surface area contributed by atoms with Crippen molar-refractivity contribution in [1.29, 1.82) is 0 Å². The van der Waals surface area contributed by atoms with Crippen molar-refractivity contribution in [2.24, 2.45) is 0 Å². The fourth-order valence-electron chi connectivity index (χ4n) is 2.59. The van der Waals surface area contributed by atoms with E-state index in [1.165, 1.54) is 5.56 Å². The van der Waals surface area contributed by atoms with E-state index in [-0.39, 0.29) is 11.9 Å². The van der Waals surface area contributed by atoms with Crippen LogP contribution in [0, 0.1) is 0 Å². The maximum atomic E-state index is 12.4. The van der Waals surface area contributed by atoms with Crippen LogP contribution < -0.4 is 10.6 Å². The zero-order chi connectivity index (χ0) is 18.4. The lowest BCUT2D eigenvalue weighted by molar-refractivity contribution is 0.0946. The molecule has 5 heteroatoms. The molecule has 1 amide bonds. The summed E-state index contributed by atoms with van der Waals surface area (Å²) in [6.07, 6.45) is 1.64. The van der Waals surface area contributed by atoms with Gasteiger partial charge in [0, 0.05) is 29.5 Å². The number of nitrogens with zero attached hydrogens (tertiary/aromatic N) is 1. The molecule has 1 heterocycles. The number of anilines is 1. The number of carbonyl (C=O) groups excluding carboxylic acids is 1. The number of rotatable bonds is 6. The van der Waals surface area contributed by atoms with Gasteiger partial charge in [-0.15, -0.1) is 0 Å². The van der Waals surface area contributed by atoms with Gasteiger partial charge in [0.05, 0.1) is 0 Å². The maximum Gasteiger partial charge on any atom is 0.270 e. The fourth-order valence-corrected chi connectivity index (χ4v) is 2.72. The highest BCUT2D eigenvalue weighted by Gasteiger charge is 2.10. The first-order chi connectivity index (χ1) is 12.6. The first-order valence-corrected chi connectivity index (χ1v) is 8.80. The van der Waals surface area contributed by atoms with E-state index in [9.17, 15) is 4.79 Å². The quantitative estimate of drug-likeness (QED) is 0.657. The van der Waals surface area contributed by atoms with Crippen LogP contribution in [0.3, 0.4) is 0 Å². The monoisotopic (exact) mass is 365 g/mol. The Hall–Kier alpha value is -2.85. The highest BCUT2D eigenvalue weighted by atomic mass is 35.5.